The van der Waals surface area contributed by atoms with Gasteiger partial charge in [0.1, 0.15) is 17.5 Å². The number of fused-ring (bicyclic) bond motifs is 1. The van der Waals surface area contributed by atoms with Crippen LogP contribution in [0.5, 0.6) is 5.75 Å². The molecule has 4 nitrogen and oxygen atoms in total. The van der Waals surface area contributed by atoms with Crippen molar-refractivity contribution in [2.45, 2.75) is 32.3 Å². The van der Waals surface area contributed by atoms with E-state index in [1.807, 2.05) is 25.1 Å². The number of aromatic nitrogens is 1. The van der Waals surface area contributed by atoms with Gasteiger partial charge >= 0.3 is 0 Å². The van der Waals surface area contributed by atoms with Gasteiger partial charge in [-0.25, -0.2) is 0 Å². The predicted molar refractivity (Wildman–Crippen MR) is 79.7 cm³/mol. The van der Waals surface area contributed by atoms with E-state index in [0.717, 1.165) is 41.9 Å². The van der Waals surface area contributed by atoms with E-state index in [1.165, 1.54) is 0 Å². The van der Waals surface area contributed by atoms with Gasteiger partial charge < -0.3 is 14.4 Å². The molecule has 0 bridgehead atoms. The summed E-state index contributed by atoms with van der Waals surface area (Å²) < 4.78 is 7.51. The topological polar surface area (TPSA) is 58.2 Å². The summed E-state index contributed by atoms with van der Waals surface area (Å²) in [5.41, 5.74) is 4.44. The molecule has 4 heteroatoms. The van der Waals surface area contributed by atoms with E-state index in [2.05, 4.69) is 10.6 Å². The maximum atomic E-state index is 10.2. The normalized spacial score (nSPS) is 17.1. The molecule has 0 spiro atoms. The average Bonchev–Trinajstić information content (AvgIpc) is 2.83. The van der Waals surface area contributed by atoms with E-state index in [-0.39, 0.29) is 0 Å². The fraction of sp³-hybridized carbons (Fsp3) is 0.353. The molecule has 1 aliphatic carbocycles. The molecule has 1 aliphatic rings. The van der Waals surface area contributed by atoms with Gasteiger partial charge in [0.2, 0.25) is 0 Å². The second-order valence-electron chi connectivity index (χ2n) is 5.40. The highest BCUT2D eigenvalue weighted by atomic mass is 16.5. The number of ether oxygens (including phenoxy) is 1. The Bertz CT molecular complexity index is 725. The summed E-state index contributed by atoms with van der Waals surface area (Å²) in [6.07, 6.45) is 2.25. The summed E-state index contributed by atoms with van der Waals surface area (Å²) in [6.45, 7) is 2.00. The second-order valence-corrected chi connectivity index (χ2v) is 5.40. The number of methoxy groups -OCH3 is 1. The van der Waals surface area contributed by atoms with Gasteiger partial charge in [-0.2, -0.15) is 5.26 Å². The van der Waals surface area contributed by atoms with Gasteiger partial charge in [0, 0.05) is 17.0 Å². The van der Waals surface area contributed by atoms with Crippen LogP contribution in [0, 0.1) is 18.3 Å². The highest BCUT2D eigenvalue weighted by Crippen LogP contribution is 2.37. The molecular formula is C17H18N2O2. The SMILES string of the molecule is COc1cccc(C#N)c1-n1c(C)cc2c1CCCC2O. The first kappa shape index (κ1) is 13.7. The van der Waals surface area contributed by atoms with Crippen molar-refractivity contribution < 1.29 is 9.84 Å². The lowest BCUT2D eigenvalue weighted by Gasteiger charge is -2.22. The Morgan fingerprint density at radius 1 is 1.43 bits per heavy atom. The Balaban J connectivity index is 2.30. The third-order valence-corrected chi connectivity index (χ3v) is 4.13. The first-order chi connectivity index (χ1) is 10.2. The van der Waals surface area contributed by atoms with Gasteiger partial charge in [-0.15, -0.1) is 0 Å². The number of para-hydroxylation sites is 1. The molecule has 1 unspecified atom stereocenters. The summed E-state index contributed by atoms with van der Waals surface area (Å²) in [7, 11) is 1.61. The first-order valence-electron chi connectivity index (χ1n) is 7.14. The number of hydrogen-bond donors (Lipinski definition) is 1. The molecule has 21 heavy (non-hydrogen) atoms. The minimum Gasteiger partial charge on any atom is -0.495 e. The molecule has 0 fully saturated rings. The Morgan fingerprint density at radius 2 is 2.24 bits per heavy atom. The largest absolute Gasteiger partial charge is 0.495 e. The number of hydrogen-bond acceptors (Lipinski definition) is 3. The molecule has 1 aromatic heterocycles. The predicted octanol–water partition coefficient (Wildman–Crippen LogP) is 3.04. The van der Waals surface area contributed by atoms with Crippen molar-refractivity contribution >= 4 is 0 Å². The number of aliphatic hydroxyl groups is 1. The first-order valence-corrected chi connectivity index (χ1v) is 7.14. The van der Waals surface area contributed by atoms with Crippen LogP contribution < -0.4 is 4.74 Å². The Kier molecular flexibility index (Phi) is 3.44. The van der Waals surface area contributed by atoms with E-state index in [9.17, 15) is 10.4 Å². The molecule has 1 N–H and O–H groups in total. The molecule has 3 rings (SSSR count). The molecule has 0 aliphatic heterocycles. The summed E-state index contributed by atoms with van der Waals surface area (Å²) >= 11 is 0. The van der Waals surface area contributed by atoms with Gasteiger partial charge in [-0.05, 0) is 44.4 Å². The van der Waals surface area contributed by atoms with Crippen LogP contribution in [0.1, 0.15) is 41.5 Å². The number of rotatable bonds is 2. The Hall–Kier alpha value is -2.25. The second kappa shape index (κ2) is 5.27. The van der Waals surface area contributed by atoms with Crippen LogP contribution in [0.4, 0.5) is 0 Å². The van der Waals surface area contributed by atoms with Crippen LogP contribution in [0.2, 0.25) is 0 Å². The third kappa shape index (κ3) is 2.10. The minimum atomic E-state index is -0.408. The lowest BCUT2D eigenvalue weighted by atomic mass is 9.95. The van der Waals surface area contributed by atoms with Gasteiger partial charge in [0.25, 0.3) is 0 Å². The number of nitrogens with zero attached hydrogens (tertiary/aromatic N) is 2. The van der Waals surface area contributed by atoms with E-state index >= 15 is 0 Å². The molecule has 1 atom stereocenters. The number of aryl methyl sites for hydroxylation is 1. The van der Waals surface area contributed by atoms with Crippen molar-refractivity contribution in [2.24, 2.45) is 0 Å². The zero-order chi connectivity index (χ0) is 15.0. The fourth-order valence-electron chi connectivity index (χ4n) is 3.20. The molecule has 0 radical (unpaired) electrons. The number of aliphatic hydroxyl groups excluding tert-OH is 1. The Morgan fingerprint density at radius 3 is 2.95 bits per heavy atom. The molecule has 1 aromatic carbocycles. The molecule has 0 saturated carbocycles. The molecule has 2 aromatic rings. The van der Waals surface area contributed by atoms with Gasteiger partial charge in [0.05, 0.1) is 18.8 Å². The molecule has 0 amide bonds. The summed E-state index contributed by atoms with van der Waals surface area (Å²) in [4.78, 5) is 0. The van der Waals surface area contributed by atoms with Crippen molar-refractivity contribution in [1.29, 1.82) is 5.26 Å². The van der Waals surface area contributed by atoms with Crippen LogP contribution in [0.3, 0.4) is 0 Å². The van der Waals surface area contributed by atoms with E-state index in [0.29, 0.717) is 11.3 Å². The molecule has 0 saturated heterocycles. The number of nitriles is 1. The van der Waals surface area contributed by atoms with E-state index in [4.69, 9.17) is 4.74 Å². The Labute approximate surface area is 124 Å². The van der Waals surface area contributed by atoms with E-state index in [1.54, 1.807) is 13.2 Å². The maximum absolute atomic E-state index is 10.2. The zero-order valence-electron chi connectivity index (χ0n) is 12.3. The van der Waals surface area contributed by atoms with Crippen LogP contribution >= 0.6 is 0 Å². The van der Waals surface area contributed by atoms with Crippen LogP contribution in [-0.2, 0) is 6.42 Å². The standard InChI is InChI=1S/C17H18N2O2/c1-11-9-13-14(6-4-7-15(13)20)19(11)17-12(10-18)5-3-8-16(17)21-2/h3,5,8-9,15,20H,4,6-7H2,1-2H3. The van der Waals surface area contributed by atoms with Crippen LogP contribution in [-0.4, -0.2) is 16.8 Å². The van der Waals surface area contributed by atoms with Gasteiger partial charge in [-0.1, -0.05) is 6.07 Å². The summed E-state index contributed by atoms with van der Waals surface area (Å²) in [5, 5.41) is 19.6. The van der Waals surface area contributed by atoms with Crippen LogP contribution in [0.25, 0.3) is 5.69 Å². The fourth-order valence-corrected chi connectivity index (χ4v) is 3.20. The highest BCUT2D eigenvalue weighted by molar-refractivity contribution is 5.60. The summed E-state index contributed by atoms with van der Waals surface area (Å²) in [6, 6.07) is 9.74. The molecule has 108 valence electrons. The quantitative estimate of drug-likeness (QED) is 0.921. The third-order valence-electron chi connectivity index (χ3n) is 4.13. The molecule has 1 heterocycles. The number of benzene rings is 1. The summed E-state index contributed by atoms with van der Waals surface area (Å²) in [5.74, 6) is 0.676. The van der Waals surface area contributed by atoms with Gasteiger partial charge in [-0.3, -0.25) is 0 Å². The minimum absolute atomic E-state index is 0.408. The van der Waals surface area contributed by atoms with Gasteiger partial charge in [0.15, 0.2) is 0 Å². The van der Waals surface area contributed by atoms with Crippen molar-refractivity contribution in [3.63, 3.8) is 0 Å². The zero-order valence-corrected chi connectivity index (χ0v) is 12.3. The monoisotopic (exact) mass is 282 g/mol. The molecular weight excluding hydrogens is 264 g/mol. The average molecular weight is 282 g/mol. The smallest absolute Gasteiger partial charge is 0.144 e. The lowest BCUT2D eigenvalue weighted by molar-refractivity contribution is 0.156. The maximum Gasteiger partial charge on any atom is 0.144 e. The highest BCUT2D eigenvalue weighted by Gasteiger charge is 2.25. The van der Waals surface area contributed by atoms with Crippen molar-refractivity contribution in [2.75, 3.05) is 7.11 Å². The van der Waals surface area contributed by atoms with Crippen molar-refractivity contribution in [3.05, 3.63) is 46.8 Å². The van der Waals surface area contributed by atoms with Crippen LogP contribution in [0.15, 0.2) is 24.3 Å². The lowest BCUT2D eigenvalue weighted by Crippen LogP contribution is -2.13. The van der Waals surface area contributed by atoms with Crippen molar-refractivity contribution in [1.82, 2.24) is 4.57 Å². The van der Waals surface area contributed by atoms with E-state index < -0.39 is 6.10 Å². The van der Waals surface area contributed by atoms with Crippen molar-refractivity contribution in [3.8, 4) is 17.5 Å².